The average Bonchev–Trinajstić information content (AvgIpc) is 2.38. The first kappa shape index (κ1) is 15.5. The minimum Gasteiger partial charge on any atom is -0.207 e. The highest BCUT2D eigenvalue weighted by atomic mass is 79.9. The van der Waals surface area contributed by atoms with Crippen LogP contribution in [0.1, 0.15) is 32.6 Å². The van der Waals surface area contributed by atoms with E-state index in [0.29, 0.717) is 15.9 Å². The Hall–Kier alpha value is 0.0900. The van der Waals surface area contributed by atoms with Crippen LogP contribution in [0.15, 0.2) is 32.0 Å². The van der Waals surface area contributed by atoms with E-state index in [-0.39, 0.29) is 6.04 Å². The molecule has 1 aliphatic rings. The van der Waals surface area contributed by atoms with Gasteiger partial charge < -0.3 is 0 Å². The zero-order valence-corrected chi connectivity index (χ0v) is 14.8. The van der Waals surface area contributed by atoms with Crippen molar-refractivity contribution < 1.29 is 8.42 Å². The minimum atomic E-state index is -3.41. The maximum atomic E-state index is 12.8. The maximum Gasteiger partial charge on any atom is 0.244 e. The third-order valence-electron chi connectivity index (χ3n) is 3.52. The molecule has 0 bridgehead atoms. The van der Waals surface area contributed by atoms with E-state index in [2.05, 4.69) is 38.8 Å². The number of piperidine rings is 1. The van der Waals surface area contributed by atoms with Crippen LogP contribution in [0.3, 0.4) is 0 Å². The van der Waals surface area contributed by atoms with Crippen molar-refractivity contribution >= 4 is 41.9 Å². The van der Waals surface area contributed by atoms with Crippen molar-refractivity contribution in [3.05, 3.63) is 27.1 Å². The SMILES string of the molecule is CCC1CCCCN1S(=O)(=O)c1ccc(Br)cc1Br. The Labute approximate surface area is 131 Å². The van der Waals surface area contributed by atoms with Gasteiger partial charge in [0.05, 0.1) is 4.90 Å². The summed E-state index contributed by atoms with van der Waals surface area (Å²) in [4.78, 5) is 0.357. The van der Waals surface area contributed by atoms with E-state index in [1.165, 1.54) is 0 Å². The van der Waals surface area contributed by atoms with E-state index >= 15 is 0 Å². The lowest BCUT2D eigenvalue weighted by atomic mass is 10.0. The zero-order valence-electron chi connectivity index (χ0n) is 10.8. The molecule has 0 aliphatic carbocycles. The molecular weight excluding hydrogens is 394 g/mol. The van der Waals surface area contributed by atoms with Gasteiger partial charge in [0.15, 0.2) is 0 Å². The molecule has 106 valence electrons. The van der Waals surface area contributed by atoms with Gasteiger partial charge in [-0.15, -0.1) is 0 Å². The minimum absolute atomic E-state index is 0.134. The van der Waals surface area contributed by atoms with Crippen molar-refractivity contribution in [1.82, 2.24) is 4.31 Å². The molecule has 1 aromatic carbocycles. The Morgan fingerprint density at radius 2 is 2.05 bits per heavy atom. The standard InChI is InChI=1S/C13H17Br2NO2S/c1-2-11-5-3-4-8-16(11)19(17,18)13-7-6-10(14)9-12(13)15/h6-7,9,11H,2-5,8H2,1H3. The van der Waals surface area contributed by atoms with Gasteiger partial charge in [0, 0.05) is 21.5 Å². The van der Waals surface area contributed by atoms with Crippen molar-refractivity contribution in [3.8, 4) is 0 Å². The molecule has 1 saturated heterocycles. The molecule has 0 aromatic heterocycles. The van der Waals surface area contributed by atoms with Crippen LogP contribution in [0, 0.1) is 0 Å². The Morgan fingerprint density at radius 1 is 1.32 bits per heavy atom. The molecule has 1 fully saturated rings. The first-order chi connectivity index (χ1) is 8.96. The van der Waals surface area contributed by atoms with Crippen LogP contribution >= 0.6 is 31.9 Å². The number of halogens is 2. The normalized spacial score (nSPS) is 21.5. The van der Waals surface area contributed by atoms with E-state index in [9.17, 15) is 8.42 Å². The van der Waals surface area contributed by atoms with Gasteiger partial charge in [-0.05, 0) is 53.4 Å². The van der Waals surface area contributed by atoms with Crippen LogP contribution in [0.25, 0.3) is 0 Å². The summed E-state index contributed by atoms with van der Waals surface area (Å²) in [7, 11) is -3.41. The number of nitrogens with zero attached hydrogens (tertiary/aromatic N) is 1. The van der Waals surface area contributed by atoms with Gasteiger partial charge in [0.2, 0.25) is 10.0 Å². The molecule has 0 saturated carbocycles. The smallest absolute Gasteiger partial charge is 0.207 e. The predicted molar refractivity (Wildman–Crippen MR) is 83.7 cm³/mol. The Kier molecular flexibility index (Phi) is 5.09. The fraction of sp³-hybridized carbons (Fsp3) is 0.538. The highest BCUT2D eigenvalue weighted by Crippen LogP contribution is 2.32. The summed E-state index contributed by atoms with van der Waals surface area (Å²) in [5.41, 5.74) is 0. The first-order valence-electron chi connectivity index (χ1n) is 6.43. The number of rotatable bonds is 3. The highest BCUT2D eigenvalue weighted by Gasteiger charge is 2.33. The Bertz CT molecular complexity index is 560. The lowest BCUT2D eigenvalue weighted by Crippen LogP contribution is -2.43. The van der Waals surface area contributed by atoms with Crippen molar-refractivity contribution in [2.45, 2.75) is 43.5 Å². The summed E-state index contributed by atoms with van der Waals surface area (Å²) in [6, 6.07) is 5.33. The summed E-state index contributed by atoms with van der Waals surface area (Å²) in [5, 5.41) is 0. The molecule has 0 spiro atoms. The second kappa shape index (κ2) is 6.24. The summed E-state index contributed by atoms with van der Waals surface area (Å²) in [6.45, 7) is 2.68. The molecule has 1 aliphatic heterocycles. The fourth-order valence-electron chi connectivity index (χ4n) is 2.51. The van der Waals surface area contributed by atoms with Gasteiger partial charge in [0.1, 0.15) is 0 Å². The molecule has 1 atom stereocenters. The van der Waals surface area contributed by atoms with Crippen LogP contribution in [0.5, 0.6) is 0 Å². The summed E-state index contributed by atoms with van der Waals surface area (Å²) < 4.78 is 28.7. The van der Waals surface area contributed by atoms with Gasteiger partial charge in [-0.3, -0.25) is 0 Å². The van der Waals surface area contributed by atoms with E-state index in [1.54, 1.807) is 22.5 Å². The van der Waals surface area contributed by atoms with Crippen LogP contribution < -0.4 is 0 Å². The highest BCUT2D eigenvalue weighted by molar-refractivity contribution is 9.11. The van der Waals surface area contributed by atoms with Gasteiger partial charge in [-0.1, -0.05) is 29.3 Å². The second-order valence-electron chi connectivity index (χ2n) is 4.75. The van der Waals surface area contributed by atoms with E-state index in [0.717, 1.165) is 30.2 Å². The lowest BCUT2D eigenvalue weighted by Gasteiger charge is -2.34. The third kappa shape index (κ3) is 3.23. The van der Waals surface area contributed by atoms with Crippen molar-refractivity contribution in [2.24, 2.45) is 0 Å². The number of hydrogen-bond acceptors (Lipinski definition) is 2. The molecule has 1 unspecified atom stereocenters. The van der Waals surface area contributed by atoms with Gasteiger partial charge in [-0.2, -0.15) is 4.31 Å². The van der Waals surface area contributed by atoms with Gasteiger partial charge >= 0.3 is 0 Å². The largest absolute Gasteiger partial charge is 0.244 e. The van der Waals surface area contributed by atoms with Crippen molar-refractivity contribution in [2.75, 3.05) is 6.54 Å². The molecule has 2 rings (SSSR count). The molecule has 3 nitrogen and oxygen atoms in total. The van der Waals surface area contributed by atoms with Crippen LogP contribution in [-0.4, -0.2) is 25.3 Å². The monoisotopic (exact) mass is 409 g/mol. The maximum absolute atomic E-state index is 12.8. The lowest BCUT2D eigenvalue weighted by molar-refractivity contribution is 0.246. The Balaban J connectivity index is 2.40. The van der Waals surface area contributed by atoms with Gasteiger partial charge in [0.25, 0.3) is 0 Å². The predicted octanol–water partition coefficient (Wildman–Crippen LogP) is 4.16. The molecule has 0 radical (unpaired) electrons. The zero-order chi connectivity index (χ0) is 14.0. The average molecular weight is 411 g/mol. The molecular formula is C13H17Br2NO2S. The number of hydrogen-bond donors (Lipinski definition) is 0. The summed E-state index contributed by atoms with van der Waals surface area (Å²) in [6.07, 6.45) is 3.90. The Morgan fingerprint density at radius 3 is 2.68 bits per heavy atom. The topological polar surface area (TPSA) is 37.4 Å². The molecule has 1 aromatic rings. The molecule has 19 heavy (non-hydrogen) atoms. The molecule has 1 heterocycles. The fourth-order valence-corrected chi connectivity index (χ4v) is 5.98. The molecule has 0 N–H and O–H groups in total. The third-order valence-corrected chi connectivity index (χ3v) is 6.95. The summed E-state index contributed by atoms with van der Waals surface area (Å²) >= 11 is 6.70. The van der Waals surface area contributed by atoms with Crippen molar-refractivity contribution in [1.29, 1.82) is 0 Å². The van der Waals surface area contributed by atoms with Gasteiger partial charge in [-0.25, -0.2) is 8.42 Å². The number of benzene rings is 1. The first-order valence-corrected chi connectivity index (χ1v) is 9.46. The van der Waals surface area contributed by atoms with Crippen LogP contribution in [0.2, 0.25) is 0 Å². The van der Waals surface area contributed by atoms with Crippen molar-refractivity contribution in [3.63, 3.8) is 0 Å². The molecule has 6 heteroatoms. The van der Waals surface area contributed by atoms with E-state index in [4.69, 9.17) is 0 Å². The summed E-state index contributed by atoms with van der Waals surface area (Å²) in [5.74, 6) is 0. The molecule has 0 amide bonds. The quantitative estimate of drug-likeness (QED) is 0.749. The second-order valence-corrected chi connectivity index (χ2v) is 8.38. The number of sulfonamides is 1. The van der Waals surface area contributed by atoms with E-state index in [1.807, 2.05) is 0 Å². The van der Waals surface area contributed by atoms with Crippen LogP contribution in [0.4, 0.5) is 0 Å². The van der Waals surface area contributed by atoms with E-state index < -0.39 is 10.0 Å². The van der Waals surface area contributed by atoms with Crippen LogP contribution in [-0.2, 0) is 10.0 Å².